The Labute approximate surface area is 134 Å². The third kappa shape index (κ3) is 1.76. The van der Waals surface area contributed by atoms with Crippen LogP contribution in [0, 0.1) is 28.6 Å². The Balaban J connectivity index is 1.68. The third-order valence-electron chi connectivity index (χ3n) is 8.07. The highest BCUT2D eigenvalue weighted by molar-refractivity contribution is 5.96. The standard InChI is InChI=1S/C20H29NO/c1-13-4-7-17-16-6-5-14-12-15(21-22)8-10-20(14,3)18(16)9-11-19(13,17)2/h4,12,16-18,22H,5-11H2,1-3H3/b21-15+. The van der Waals surface area contributed by atoms with E-state index in [1.807, 2.05) is 0 Å². The Hall–Kier alpha value is -1.05. The van der Waals surface area contributed by atoms with Crippen LogP contribution in [-0.4, -0.2) is 10.9 Å². The number of nitrogens with zero attached hydrogens (tertiary/aromatic N) is 1. The lowest BCUT2D eigenvalue weighted by atomic mass is 9.47. The summed E-state index contributed by atoms with van der Waals surface area (Å²) in [6.07, 6.45) is 13.5. The molecule has 0 spiro atoms. The van der Waals surface area contributed by atoms with E-state index in [0.29, 0.717) is 10.8 Å². The van der Waals surface area contributed by atoms with Crippen molar-refractivity contribution in [2.75, 3.05) is 0 Å². The normalized spacial score (nSPS) is 49.0. The summed E-state index contributed by atoms with van der Waals surface area (Å²) in [7, 11) is 0. The van der Waals surface area contributed by atoms with Crippen molar-refractivity contribution in [3.8, 4) is 0 Å². The Bertz CT molecular complexity index is 587. The van der Waals surface area contributed by atoms with Gasteiger partial charge in [-0.3, -0.25) is 0 Å². The monoisotopic (exact) mass is 299 g/mol. The molecule has 0 saturated heterocycles. The van der Waals surface area contributed by atoms with E-state index < -0.39 is 0 Å². The van der Waals surface area contributed by atoms with Gasteiger partial charge >= 0.3 is 0 Å². The van der Waals surface area contributed by atoms with Crippen molar-refractivity contribution in [1.29, 1.82) is 0 Å². The second-order valence-corrected chi connectivity index (χ2v) is 8.67. The van der Waals surface area contributed by atoms with Crippen molar-refractivity contribution >= 4 is 5.71 Å². The van der Waals surface area contributed by atoms with Gasteiger partial charge in [-0.25, -0.2) is 0 Å². The van der Waals surface area contributed by atoms with Crippen molar-refractivity contribution in [2.45, 2.75) is 65.7 Å². The molecule has 0 amide bonds. The second kappa shape index (κ2) is 4.72. The van der Waals surface area contributed by atoms with Gasteiger partial charge in [0.15, 0.2) is 0 Å². The van der Waals surface area contributed by atoms with Crippen LogP contribution < -0.4 is 0 Å². The molecule has 22 heavy (non-hydrogen) atoms. The average Bonchev–Trinajstić information content (AvgIpc) is 2.82. The molecule has 2 nitrogen and oxygen atoms in total. The lowest BCUT2D eigenvalue weighted by Crippen LogP contribution is -2.49. The first kappa shape index (κ1) is 14.5. The first-order valence-corrected chi connectivity index (χ1v) is 9.08. The Morgan fingerprint density at radius 3 is 2.68 bits per heavy atom. The lowest BCUT2D eigenvalue weighted by molar-refractivity contribution is -0.0256. The first-order valence-electron chi connectivity index (χ1n) is 9.08. The highest BCUT2D eigenvalue weighted by Gasteiger charge is 2.56. The maximum atomic E-state index is 9.12. The van der Waals surface area contributed by atoms with Crippen molar-refractivity contribution in [2.24, 2.45) is 33.7 Å². The van der Waals surface area contributed by atoms with Gasteiger partial charge in [-0.15, -0.1) is 0 Å². The van der Waals surface area contributed by atoms with Gasteiger partial charge in [0, 0.05) is 0 Å². The molecule has 0 bridgehead atoms. The molecule has 4 aliphatic carbocycles. The third-order valence-corrected chi connectivity index (χ3v) is 8.07. The quantitative estimate of drug-likeness (QED) is 0.366. The minimum Gasteiger partial charge on any atom is -0.411 e. The zero-order valence-electron chi connectivity index (χ0n) is 14.2. The predicted octanol–water partition coefficient (Wildman–Crippen LogP) is 5.34. The van der Waals surface area contributed by atoms with E-state index in [9.17, 15) is 0 Å². The number of rotatable bonds is 0. The molecular formula is C20H29NO. The molecule has 0 heterocycles. The summed E-state index contributed by atoms with van der Waals surface area (Å²) in [5.41, 5.74) is 4.95. The SMILES string of the molecule is CC1=CCC2C3CCC4=C/C(=N/O)CCC4(C)C3CCC12C. The number of oxime groups is 1. The van der Waals surface area contributed by atoms with Gasteiger partial charge in [-0.1, -0.05) is 36.2 Å². The molecule has 5 unspecified atom stereocenters. The highest BCUT2D eigenvalue weighted by atomic mass is 16.4. The number of allylic oxidation sites excluding steroid dienone is 4. The molecule has 2 heteroatoms. The maximum absolute atomic E-state index is 9.12. The largest absolute Gasteiger partial charge is 0.411 e. The van der Waals surface area contributed by atoms with Gasteiger partial charge in [-0.2, -0.15) is 0 Å². The van der Waals surface area contributed by atoms with Gasteiger partial charge in [0.2, 0.25) is 0 Å². The topological polar surface area (TPSA) is 32.6 Å². The molecule has 2 saturated carbocycles. The molecule has 2 fully saturated rings. The van der Waals surface area contributed by atoms with Crippen molar-refractivity contribution < 1.29 is 5.21 Å². The number of fused-ring (bicyclic) bond motifs is 5. The summed E-state index contributed by atoms with van der Waals surface area (Å²) < 4.78 is 0. The van der Waals surface area contributed by atoms with E-state index in [1.165, 1.54) is 38.5 Å². The van der Waals surface area contributed by atoms with Gasteiger partial charge in [0.1, 0.15) is 0 Å². The van der Waals surface area contributed by atoms with Crippen LogP contribution >= 0.6 is 0 Å². The summed E-state index contributed by atoms with van der Waals surface area (Å²) in [6.45, 7) is 7.39. The van der Waals surface area contributed by atoms with E-state index in [0.717, 1.165) is 29.9 Å². The second-order valence-electron chi connectivity index (χ2n) is 8.67. The van der Waals surface area contributed by atoms with E-state index in [1.54, 1.807) is 11.1 Å². The lowest BCUT2D eigenvalue weighted by Gasteiger charge is -2.58. The van der Waals surface area contributed by atoms with Gasteiger partial charge in [0.05, 0.1) is 5.71 Å². The maximum Gasteiger partial charge on any atom is 0.0795 e. The Kier molecular flexibility index (Phi) is 3.12. The van der Waals surface area contributed by atoms with Crippen LogP contribution in [0.1, 0.15) is 65.7 Å². The predicted molar refractivity (Wildman–Crippen MR) is 90.1 cm³/mol. The van der Waals surface area contributed by atoms with Gasteiger partial charge in [0.25, 0.3) is 0 Å². The fraction of sp³-hybridized carbons (Fsp3) is 0.750. The van der Waals surface area contributed by atoms with Gasteiger partial charge < -0.3 is 5.21 Å². The average molecular weight is 299 g/mol. The van der Waals surface area contributed by atoms with E-state index in [-0.39, 0.29) is 0 Å². The van der Waals surface area contributed by atoms with E-state index >= 15 is 0 Å². The zero-order valence-corrected chi connectivity index (χ0v) is 14.2. The van der Waals surface area contributed by atoms with Crippen molar-refractivity contribution in [3.63, 3.8) is 0 Å². The van der Waals surface area contributed by atoms with Crippen LogP contribution in [0.3, 0.4) is 0 Å². The smallest absolute Gasteiger partial charge is 0.0795 e. The van der Waals surface area contributed by atoms with Crippen LogP contribution in [-0.2, 0) is 0 Å². The summed E-state index contributed by atoms with van der Waals surface area (Å²) >= 11 is 0. The molecule has 0 aromatic carbocycles. The van der Waals surface area contributed by atoms with Crippen molar-refractivity contribution in [1.82, 2.24) is 0 Å². The molecule has 5 atom stereocenters. The molecular weight excluding hydrogens is 270 g/mol. The molecule has 4 aliphatic rings. The van der Waals surface area contributed by atoms with Crippen LogP contribution in [0.5, 0.6) is 0 Å². The van der Waals surface area contributed by atoms with Crippen LogP contribution in [0.15, 0.2) is 28.5 Å². The van der Waals surface area contributed by atoms with Crippen molar-refractivity contribution in [3.05, 3.63) is 23.3 Å². The molecule has 0 aromatic rings. The van der Waals surface area contributed by atoms with E-state index in [4.69, 9.17) is 5.21 Å². The van der Waals surface area contributed by atoms with Gasteiger partial charge in [-0.05, 0) is 86.5 Å². The van der Waals surface area contributed by atoms with E-state index in [2.05, 4.69) is 38.1 Å². The fourth-order valence-corrected chi connectivity index (χ4v) is 6.43. The first-order chi connectivity index (χ1) is 10.5. The molecule has 1 N–H and O–H groups in total. The minimum atomic E-state index is 0.356. The molecule has 0 radical (unpaired) electrons. The molecule has 120 valence electrons. The highest BCUT2D eigenvalue weighted by Crippen LogP contribution is 2.65. The van der Waals surface area contributed by atoms with Crippen LogP contribution in [0.4, 0.5) is 0 Å². The summed E-state index contributed by atoms with van der Waals surface area (Å²) in [5.74, 6) is 2.60. The summed E-state index contributed by atoms with van der Waals surface area (Å²) in [5, 5.41) is 12.6. The summed E-state index contributed by atoms with van der Waals surface area (Å²) in [4.78, 5) is 0. The molecule has 4 rings (SSSR count). The summed E-state index contributed by atoms with van der Waals surface area (Å²) in [6, 6.07) is 0. The van der Waals surface area contributed by atoms with Crippen LogP contribution in [0.25, 0.3) is 0 Å². The molecule has 0 aliphatic heterocycles. The van der Waals surface area contributed by atoms with Crippen LogP contribution in [0.2, 0.25) is 0 Å². The number of hydrogen-bond donors (Lipinski definition) is 1. The number of hydrogen-bond acceptors (Lipinski definition) is 2. The minimum absolute atomic E-state index is 0.356. The zero-order chi connectivity index (χ0) is 15.5. The Morgan fingerprint density at radius 1 is 1.09 bits per heavy atom. The molecule has 0 aromatic heterocycles. The fourth-order valence-electron chi connectivity index (χ4n) is 6.43. The Morgan fingerprint density at radius 2 is 1.91 bits per heavy atom.